The third-order valence-electron chi connectivity index (χ3n) is 4.27. The van der Waals surface area contributed by atoms with Crippen LogP contribution in [-0.4, -0.2) is 10.9 Å². The minimum Gasteiger partial charge on any atom is -0.422 e. The summed E-state index contributed by atoms with van der Waals surface area (Å²) in [5, 5.41) is 11.1. The number of cyclic esters (lactones) is 1. The molecule has 3 rings (SSSR count). The van der Waals surface area contributed by atoms with Crippen LogP contribution < -0.4 is 0 Å². The fourth-order valence-corrected chi connectivity index (χ4v) is 2.62. The van der Waals surface area contributed by atoms with Gasteiger partial charge in [-0.1, -0.05) is 24.3 Å². The molecule has 0 bridgehead atoms. The number of esters is 1. The first-order chi connectivity index (χ1) is 11.8. The molecular formula is C20H17NO4. The van der Waals surface area contributed by atoms with Crippen molar-refractivity contribution >= 4 is 23.5 Å². The lowest BCUT2D eigenvalue weighted by atomic mass is 10.0. The summed E-state index contributed by atoms with van der Waals surface area (Å²) in [4.78, 5) is 22.7. The Kier molecular flexibility index (Phi) is 4.23. The van der Waals surface area contributed by atoms with Gasteiger partial charge in [0.2, 0.25) is 0 Å². The van der Waals surface area contributed by atoms with Crippen LogP contribution in [0.2, 0.25) is 0 Å². The van der Waals surface area contributed by atoms with Crippen LogP contribution in [0.5, 0.6) is 0 Å². The highest BCUT2D eigenvalue weighted by Crippen LogP contribution is 2.29. The van der Waals surface area contributed by atoms with Gasteiger partial charge in [0.15, 0.2) is 0 Å². The van der Waals surface area contributed by atoms with E-state index in [-0.39, 0.29) is 5.69 Å². The van der Waals surface area contributed by atoms with Gasteiger partial charge in [0.05, 0.1) is 10.5 Å². The Bertz CT molecular complexity index is 954. The largest absolute Gasteiger partial charge is 0.422 e. The lowest BCUT2D eigenvalue weighted by molar-refractivity contribution is -0.385. The molecule has 0 radical (unpaired) electrons. The van der Waals surface area contributed by atoms with Gasteiger partial charge in [-0.2, -0.15) is 0 Å². The van der Waals surface area contributed by atoms with Crippen molar-refractivity contribution in [3.8, 4) is 0 Å². The zero-order valence-corrected chi connectivity index (χ0v) is 14.2. The molecule has 0 aliphatic carbocycles. The molecule has 1 heterocycles. The minimum absolute atomic E-state index is 0.0269. The van der Waals surface area contributed by atoms with Gasteiger partial charge in [0.1, 0.15) is 5.76 Å². The molecule has 0 aromatic heterocycles. The van der Waals surface area contributed by atoms with Gasteiger partial charge in [-0.3, -0.25) is 10.1 Å². The van der Waals surface area contributed by atoms with Crippen molar-refractivity contribution in [2.75, 3.05) is 0 Å². The van der Waals surface area contributed by atoms with Crippen molar-refractivity contribution in [2.45, 2.75) is 20.8 Å². The summed E-state index contributed by atoms with van der Waals surface area (Å²) in [6, 6.07) is 10.7. The Morgan fingerprint density at radius 3 is 2.40 bits per heavy atom. The van der Waals surface area contributed by atoms with E-state index < -0.39 is 10.9 Å². The lowest BCUT2D eigenvalue weighted by Gasteiger charge is -2.05. The Labute approximate surface area is 145 Å². The van der Waals surface area contributed by atoms with Crippen LogP contribution in [0.3, 0.4) is 0 Å². The van der Waals surface area contributed by atoms with Crippen molar-refractivity contribution in [1.29, 1.82) is 0 Å². The molecule has 0 atom stereocenters. The highest BCUT2D eigenvalue weighted by molar-refractivity contribution is 6.05. The molecule has 1 aliphatic heterocycles. The predicted octanol–water partition coefficient (Wildman–Crippen LogP) is 4.50. The molecule has 0 N–H and O–H groups in total. The lowest BCUT2D eigenvalue weighted by Crippen LogP contribution is -1.98. The van der Waals surface area contributed by atoms with Gasteiger partial charge in [0, 0.05) is 17.2 Å². The second kappa shape index (κ2) is 6.36. The molecule has 0 spiro atoms. The molecule has 0 unspecified atom stereocenters. The molecule has 0 saturated carbocycles. The van der Waals surface area contributed by atoms with E-state index in [1.54, 1.807) is 31.2 Å². The number of benzene rings is 2. The number of nitrogens with zero attached hydrogens (tertiary/aromatic N) is 1. The van der Waals surface area contributed by atoms with Gasteiger partial charge in [-0.15, -0.1) is 0 Å². The van der Waals surface area contributed by atoms with E-state index in [0.717, 1.165) is 16.7 Å². The van der Waals surface area contributed by atoms with Gasteiger partial charge < -0.3 is 4.74 Å². The van der Waals surface area contributed by atoms with E-state index in [4.69, 9.17) is 4.74 Å². The Balaban J connectivity index is 1.97. The van der Waals surface area contributed by atoms with Crippen molar-refractivity contribution in [1.82, 2.24) is 0 Å². The predicted molar refractivity (Wildman–Crippen MR) is 95.8 cm³/mol. The first-order valence-corrected chi connectivity index (χ1v) is 7.83. The normalized spacial score (nSPS) is 15.2. The van der Waals surface area contributed by atoms with E-state index in [2.05, 4.69) is 0 Å². The van der Waals surface area contributed by atoms with Crippen LogP contribution in [0.1, 0.15) is 27.8 Å². The highest BCUT2D eigenvalue weighted by Gasteiger charge is 2.22. The van der Waals surface area contributed by atoms with E-state index in [0.29, 0.717) is 22.5 Å². The monoisotopic (exact) mass is 335 g/mol. The summed E-state index contributed by atoms with van der Waals surface area (Å²) in [5.74, 6) is 0.0254. The van der Waals surface area contributed by atoms with Crippen molar-refractivity contribution in [2.24, 2.45) is 0 Å². The summed E-state index contributed by atoms with van der Waals surface area (Å²) in [6.45, 7) is 5.69. The fourth-order valence-electron chi connectivity index (χ4n) is 2.62. The Morgan fingerprint density at radius 1 is 1.00 bits per heavy atom. The summed E-state index contributed by atoms with van der Waals surface area (Å²) >= 11 is 0. The van der Waals surface area contributed by atoms with Crippen molar-refractivity contribution in [3.05, 3.63) is 86.0 Å². The minimum atomic E-state index is -0.462. The Morgan fingerprint density at radius 2 is 1.72 bits per heavy atom. The summed E-state index contributed by atoms with van der Waals surface area (Å²) in [7, 11) is 0. The standard InChI is InChI=1S/C20H17NO4/c1-12-5-7-16(8-14(12)3)19-11-17(20(22)25-19)9-15-6-4-13(2)18(10-15)21(23)24/h4-11H,1-3H3/b17-9+. The molecule has 0 amide bonds. The summed E-state index contributed by atoms with van der Waals surface area (Å²) in [6.07, 6.45) is 3.26. The maximum Gasteiger partial charge on any atom is 0.343 e. The number of hydrogen-bond acceptors (Lipinski definition) is 4. The van der Waals surface area contributed by atoms with Crippen LogP contribution in [0.4, 0.5) is 5.69 Å². The topological polar surface area (TPSA) is 69.4 Å². The number of nitro groups is 1. The maximum atomic E-state index is 12.1. The summed E-state index contributed by atoms with van der Waals surface area (Å²) < 4.78 is 5.35. The van der Waals surface area contributed by atoms with Gasteiger partial charge in [0.25, 0.3) is 5.69 Å². The van der Waals surface area contributed by atoms with Gasteiger partial charge >= 0.3 is 5.97 Å². The van der Waals surface area contributed by atoms with E-state index >= 15 is 0 Å². The maximum absolute atomic E-state index is 12.1. The molecule has 25 heavy (non-hydrogen) atoms. The van der Waals surface area contributed by atoms with Gasteiger partial charge in [-0.05, 0) is 55.7 Å². The van der Waals surface area contributed by atoms with Crippen LogP contribution in [-0.2, 0) is 9.53 Å². The average Bonchev–Trinajstić information content (AvgIpc) is 2.92. The third kappa shape index (κ3) is 3.35. The SMILES string of the molecule is Cc1ccc(C2=C/C(=C\c3ccc(C)c([N+](=O)[O-])c3)C(=O)O2)cc1C. The van der Waals surface area contributed by atoms with E-state index in [1.165, 1.54) is 6.07 Å². The van der Waals surface area contributed by atoms with Crippen LogP contribution >= 0.6 is 0 Å². The van der Waals surface area contributed by atoms with Crippen molar-refractivity contribution < 1.29 is 14.5 Å². The van der Waals surface area contributed by atoms with Crippen LogP contribution in [0.15, 0.2) is 48.0 Å². The Hall–Kier alpha value is -3.21. The zero-order chi connectivity index (χ0) is 18.1. The molecule has 126 valence electrons. The highest BCUT2D eigenvalue weighted by atomic mass is 16.6. The quantitative estimate of drug-likeness (QED) is 0.358. The average molecular weight is 335 g/mol. The first kappa shape index (κ1) is 16.6. The number of carbonyl (C=O) groups is 1. The number of aryl methyl sites for hydroxylation is 3. The number of carbonyl (C=O) groups excluding carboxylic acids is 1. The number of hydrogen-bond donors (Lipinski definition) is 0. The van der Waals surface area contributed by atoms with Crippen LogP contribution in [0, 0.1) is 30.9 Å². The molecule has 2 aromatic rings. The molecule has 0 saturated heterocycles. The first-order valence-electron chi connectivity index (χ1n) is 7.83. The van der Waals surface area contributed by atoms with Crippen LogP contribution in [0.25, 0.3) is 11.8 Å². The van der Waals surface area contributed by atoms with E-state index in [1.807, 2.05) is 32.0 Å². The molecule has 5 heteroatoms. The molecule has 0 fully saturated rings. The molecule has 5 nitrogen and oxygen atoms in total. The second-order valence-corrected chi connectivity index (χ2v) is 6.10. The van der Waals surface area contributed by atoms with Gasteiger partial charge in [-0.25, -0.2) is 4.79 Å². The number of nitro benzene ring substituents is 1. The molecular weight excluding hydrogens is 318 g/mol. The van der Waals surface area contributed by atoms with E-state index in [9.17, 15) is 14.9 Å². The smallest absolute Gasteiger partial charge is 0.343 e. The number of rotatable bonds is 3. The van der Waals surface area contributed by atoms with Crippen molar-refractivity contribution in [3.63, 3.8) is 0 Å². The fraction of sp³-hybridized carbons (Fsp3) is 0.150. The summed E-state index contributed by atoms with van der Waals surface area (Å²) in [5.41, 5.74) is 4.66. The zero-order valence-electron chi connectivity index (χ0n) is 14.2. The third-order valence-corrected chi connectivity index (χ3v) is 4.27. The second-order valence-electron chi connectivity index (χ2n) is 6.10. The number of ether oxygens (including phenoxy) is 1. The molecule has 1 aliphatic rings. The molecule has 2 aromatic carbocycles.